The topological polar surface area (TPSA) is 72.6 Å². The third kappa shape index (κ3) is 4.03. The SMILES string of the molecule is C[C@@H](O)c1cc([N+](=O)[O-])ccc1OCc1ccc(Br)cc1. The lowest BCUT2D eigenvalue weighted by molar-refractivity contribution is -0.385. The molecule has 0 saturated heterocycles. The molecule has 110 valence electrons. The second-order valence-electron chi connectivity index (χ2n) is 4.57. The molecule has 1 N–H and O–H groups in total. The second-order valence-corrected chi connectivity index (χ2v) is 5.49. The molecule has 2 aromatic rings. The van der Waals surface area contributed by atoms with Crippen molar-refractivity contribution in [2.45, 2.75) is 19.6 Å². The number of hydrogen-bond donors (Lipinski definition) is 1. The normalized spacial score (nSPS) is 12.0. The van der Waals surface area contributed by atoms with Crippen molar-refractivity contribution in [2.75, 3.05) is 0 Å². The molecule has 2 rings (SSSR count). The molecule has 0 aliphatic heterocycles. The van der Waals surface area contributed by atoms with E-state index in [1.807, 2.05) is 24.3 Å². The first kappa shape index (κ1) is 15.5. The van der Waals surface area contributed by atoms with Crippen LogP contribution in [0.4, 0.5) is 5.69 Å². The molecule has 1 atom stereocenters. The van der Waals surface area contributed by atoms with Gasteiger partial charge in [-0.05, 0) is 30.7 Å². The summed E-state index contributed by atoms with van der Waals surface area (Å²) in [6.45, 7) is 1.87. The number of aliphatic hydroxyl groups excluding tert-OH is 1. The number of nitro benzene ring substituents is 1. The lowest BCUT2D eigenvalue weighted by atomic mass is 10.1. The Morgan fingerprint density at radius 3 is 2.52 bits per heavy atom. The van der Waals surface area contributed by atoms with Gasteiger partial charge >= 0.3 is 0 Å². The van der Waals surface area contributed by atoms with Crippen LogP contribution in [-0.2, 0) is 6.61 Å². The van der Waals surface area contributed by atoms with E-state index in [4.69, 9.17) is 4.74 Å². The van der Waals surface area contributed by atoms with Gasteiger partial charge in [-0.1, -0.05) is 28.1 Å². The average Bonchev–Trinajstić information content (AvgIpc) is 2.46. The number of aliphatic hydroxyl groups is 1. The first-order chi connectivity index (χ1) is 9.97. The van der Waals surface area contributed by atoms with E-state index >= 15 is 0 Å². The van der Waals surface area contributed by atoms with Crippen molar-refractivity contribution < 1.29 is 14.8 Å². The molecule has 0 aliphatic rings. The summed E-state index contributed by atoms with van der Waals surface area (Å²) in [5.41, 5.74) is 1.30. The van der Waals surface area contributed by atoms with Crippen LogP contribution >= 0.6 is 15.9 Å². The molecule has 0 aliphatic carbocycles. The largest absolute Gasteiger partial charge is 0.489 e. The number of hydrogen-bond acceptors (Lipinski definition) is 4. The number of non-ortho nitro benzene ring substituents is 1. The van der Waals surface area contributed by atoms with Gasteiger partial charge < -0.3 is 9.84 Å². The van der Waals surface area contributed by atoms with Crippen LogP contribution in [-0.4, -0.2) is 10.0 Å². The van der Waals surface area contributed by atoms with Gasteiger partial charge in [0.25, 0.3) is 5.69 Å². The van der Waals surface area contributed by atoms with Crippen molar-refractivity contribution >= 4 is 21.6 Å². The van der Waals surface area contributed by atoms with Crippen LogP contribution < -0.4 is 4.74 Å². The standard InChI is InChI=1S/C15H14BrNO4/c1-10(18)14-8-13(17(19)20)6-7-15(14)21-9-11-2-4-12(16)5-3-11/h2-8,10,18H,9H2,1H3/t10-/m1/s1. The molecule has 5 nitrogen and oxygen atoms in total. The zero-order valence-corrected chi connectivity index (χ0v) is 12.9. The minimum absolute atomic E-state index is 0.0677. The third-order valence-electron chi connectivity index (χ3n) is 2.96. The summed E-state index contributed by atoms with van der Waals surface area (Å²) in [4.78, 5) is 10.3. The Morgan fingerprint density at radius 1 is 1.29 bits per heavy atom. The summed E-state index contributed by atoms with van der Waals surface area (Å²) in [6.07, 6.45) is -0.843. The highest BCUT2D eigenvalue weighted by molar-refractivity contribution is 9.10. The van der Waals surface area contributed by atoms with Crippen molar-refractivity contribution in [3.8, 4) is 5.75 Å². The Balaban J connectivity index is 2.19. The Labute approximate surface area is 130 Å². The van der Waals surface area contributed by atoms with E-state index in [1.165, 1.54) is 18.2 Å². The quantitative estimate of drug-likeness (QED) is 0.652. The zero-order chi connectivity index (χ0) is 15.4. The lowest BCUT2D eigenvalue weighted by Crippen LogP contribution is -2.02. The van der Waals surface area contributed by atoms with Gasteiger partial charge in [0.15, 0.2) is 0 Å². The van der Waals surface area contributed by atoms with E-state index in [-0.39, 0.29) is 5.69 Å². The number of nitrogens with zero attached hydrogens (tertiary/aromatic N) is 1. The maximum atomic E-state index is 10.8. The highest BCUT2D eigenvalue weighted by Gasteiger charge is 2.15. The van der Waals surface area contributed by atoms with Crippen molar-refractivity contribution in [1.82, 2.24) is 0 Å². The number of rotatable bonds is 5. The van der Waals surface area contributed by atoms with Crippen molar-refractivity contribution in [3.05, 3.63) is 68.2 Å². The minimum Gasteiger partial charge on any atom is -0.489 e. The highest BCUT2D eigenvalue weighted by Crippen LogP contribution is 2.30. The molecular formula is C15H14BrNO4. The van der Waals surface area contributed by atoms with Crippen molar-refractivity contribution in [3.63, 3.8) is 0 Å². The van der Waals surface area contributed by atoms with E-state index in [0.717, 1.165) is 10.0 Å². The number of nitro groups is 1. The van der Waals surface area contributed by atoms with Gasteiger partial charge in [-0.3, -0.25) is 10.1 Å². The average molecular weight is 352 g/mol. The molecular weight excluding hydrogens is 338 g/mol. The fourth-order valence-corrected chi connectivity index (χ4v) is 2.11. The molecule has 0 amide bonds. The smallest absolute Gasteiger partial charge is 0.270 e. The van der Waals surface area contributed by atoms with Crippen LogP contribution in [0.2, 0.25) is 0 Å². The van der Waals surface area contributed by atoms with Gasteiger partial charge in [0.05, 0.1) is 11.0 Å². The molecule has 0 radical (unpaired) electrons. The van der Waals surface area contributed by atoms with Crippen molar-refractivity contribution in [2.24, 2.45) is 0 Å². The van der Waals surface area contributed by atoms with E-state index in [9.17, 15) is 15.2 Å². The van der Waals surface area contributed by atoms with Crippen LogP contribution in [0, 0.1) is 10.1 Å². The minimum atomic E-state index is -0.843. The molecule has 6 heteroatoms. The van der Waals surface area contributed by atoms with Crippen LogP contribution in [0.25, 0.3) is 0 Å². The summed E-state index contributed by atoms with van der Waals surface area (Å²) in [5.74, 6) is 0.443. The summed E-state index contributed by atoms with van der Waals surface area (Å²) in [7, 11) is 0. The van der Waals surface area contributed by atoms with E-state index in [0.29, 0.717) is 17.9 Å². The molecule has 0 spiro atoms. The predicted octanol–water partition coefficient (Wildman–Crippen LogP) is 3.99. The summed E-state index contributed by atoms with van der Waals surface area (Å²) < 4.78 is 6.64. The van der Waals surface area contributed by atoms with Crippen LogP contribution in [0.5, 0.6) is 5.75 Å². The molecule has 2 aromatic carbocycles. The molecule has 0 saturated carbocycles. The molecule has 0 heterocycles. The number of ether oxygens (including phenoxy) is 1. The van der Waals surface area contributed by atoms with Gasteiger partial charge in [0, 0.05) is 22.2 Å². The predicted molar refractivity (Wildman–Crippen MR) is 82.2 cm³/mol. The fraction of sp³-hybridized carbons (Fsp3) is 0.200. The molecule has 0 bridgehead atoms. The van der Waals surface area contributed by atoms with Crippen molar-refractivity contribution in [1.29, 1.82) is 0 Å². The highest BCUT2D eigenvalue weighted by atomic mass is 79.9. The van der Waals surface area contributed by atoms with Gasteiger partial charge in [-0.2, -0.15) is 0 Å². The molecule has 0 fully saturated rings. The van der Waals surface area contributed by atoms with Gasteiger partial charge in [-0.15, -0.1) is 0 Å². The molecule has 21 heavy (non-hydrogen) atoms. The number of halogens is 1. The van der Waals surface area contributed by atoms with Gasteiger partial charge in [-0.25, -0.2) is 0 Å². The Kier molecular flexibility index (Phi) is 4.93. The Hall–Kier alpha value is -1.92. The fourth-order valence-electron chi connectivity index (χ4n) is 1.85. The first-order valence-corrected chi connectivity index (χ1v) is 7.10. The van der Waals surface area contributed by atoms with Gasteiger partial charge in [0.1, 0.15) is 12.4 Å². The summed E-state index contributed by atoms with van der Waals surface area (Å²) in [5, 5.41) is 20.5. The monoisotopic (exact) mass is 351 g/mol. The van der Waals surface area contributed by atoms with E-state index in [2.05, 4.69) is 15.9 Å². The van der Waals surface area contributed by atoms with Crippen LogP contribution in [0.15, 0.2) is 46.9 Å². The number of benzene rings is 2. The van der Waals surface area contributed by atoms with Gasteiger partial charge in [0.2, 0.25) is 0 Å². The lowest BCUT2D eigenvalue weighted by Gasteiger charge is -2.13. The maximum Gasteiger partial charge on any atom is 0.270 e. The summed E-state index contributed by atoms with van der Waals surface area (Å²) >= 11 is 3.36. The summed E-state index contributed by atoms with van der Waals surface area (Å²) in [6, 6.07) is 11.9. The Morgan fingerprint density at radius 2 is 1.95 bits per heavy atom. The first-order valence-electron chi connectivity index (χ1n) is 6.31. The maximum absolute atomic E-state index is 10.8. The van der Waals surface area contributed by atoms with Crippen LogP contribution in [0.1, 0.15) is 24.2 Å². The van der Waals surface area contributed by atoms with E-state index < -0.39 is 11.0 Å². The molecule has 0 aromatic heterocycles. The van der Waals surface area contributed by atoms with Crippen LogP contribution in [0.3, 0.4) is 0 Å². The zero-order valence-electron chi connectivity index (χ0n) is 11.3. The molecule has 0 unspecified atom stereocenters. The van der Waals surface area contributed by atoms with E-state index in [1.54, 1.807) is 6.92 Å². The third-order valence-corrected chi connectivity index (χ3v) is 3.49. The second kappa shape index (κ2) is 6.69. The Bertz CT molecular complexity index is 641.